The van der Waals surface area contributed by atoms with Gasteiger partial charge >= 0.3 is 0 Å². The third-order valence-corrected chi connectivity index (χ3v) is 12.4. The first-order chi connectivity index (χ1) is 27.5. The van der Waals surface area contributed by atoms with Crippen LogP contribution in [0.25, 0.3) is 0 Å². The molecule has 2 unspecified atom stereocenters. The van der Waals surface area contributed by atoms with Gasteiger partial charge in [-0.05, 0) is 76.9 Å². The van der Waals surface area contributed by atoms with E-state index in [2.05, 4.69) is 118 Å². The molecule has 0 bridgehead atoms. The van der Waals surface area contributed by atoms with E-state index < -0.39 is 0 Å². The van der Waals surface area contributed by atoms with Gasteiger partial charge in [-0.2, -0.15) is 0 Å². The topological polar surface area (TPSA) is 52.0 Å². The second kappa shape index (κ2) is 27.2. The average Bonchev–Trinajstić information content (AvgIpc) is 3.22. The molecule has 0 fully saturated rings. The van der Waals surface area contributed by atoms with Crippen LogP contribution in [0.5, 0.6) is 0 Å². The van der Waals surface area contributed by atoms with Gasteiger partial charge in [-0.1, -0.05) is 228 Å². The molecule has 4 aromatic rings. The summed E-state index contributed by atoms with van der Waals surface area (Å²) in [5.41, 5.74) is 22.5. The molecule has 0 saturated carbocycles. The van der Waals surface area contributed by atoms with Crippen LogP contribution in [0.1, 0.15) is 226 Å². The molecule has 2 nitrogen and oxygen atoms in total. The van der Waals surface area contributed by atoms with Gasteiger partial charge in [-0.15, -0.1) is 0 Å². The van der Waals surface area contributed by atoms with Crippen molar-refractivity contribution in [3.05, 3.63) is 130 Å². The Morgan fingerprint density at radius 1 is 0.268 bits per heavy atom. The van der Waals surface area contributed by atoms with E-state index in [1.807, 2.05) is 0 Å². The molecule has 2 heteroatoms. The first kappa shape index (κ1) is 45.2. The van der Waals surface area contributed by atoms with Gasteiger partial charge in [0.25, 0.3) is 0 Å². The van der Waals surface area contributed by atoms with Crippen molar-refractivity contribution in [2.45, 2.75) is 193 Å². The van der Waals surface area contributed by atoms with Crippen LogP contribution in [-0.2, 0) is 0 Å². The van der Waals surface area contributed by atoms with E-state index in [4.69, 9.17) is 11.5 Å². The third-order valence-electron chi connectivity index (χ3n) is 12.4. The summed E-state index contributed by atoms with van der Waals surface area (Å²) in [4.78, 5) is 0. The second-order valence-corrected chi connectivity index (χ2v) is 17.1. The van der Waals surface area contributed by atoms with Crippen LogP contribution in [0.15, 0.2) is 97.1 Å². The number of nitrogen functional groups attached to an aromatic ring is 2. The molecule has 0 radical (unpaired) electrons. The van der Waals surface area contributed by atoms with E-state index >= 15 is 0 Å². The van der Waals surface area contributed by atoms with Crippen LogP contribution in [0.3, 0.4) is 0 Å². The fourth-order valence-electron chi connectivity index (χ4n) is 8.87. The fraction of sp³-hybridized carbons (Fsp3) is 0.556. The lowest BCUT2D eigenvalue weighted by atomic mass is 9.81. The van der Waals surface area contributed by atoms with Crippen molar-refractivity contribution in [3.63, 3.8) is 0 Å². The van der Waals surface area contributed by atoms with E-state index in [0.29, 0.717) is 17.8 Å². The van der Waals surface area contributed by atoms with Gasteiger partial charge in [0.15, 0.2) is 0 Å². The molecule has 0 aromatic heterocycles. The molecule has 4 aromatic carbocycles. The molecule has 2 atom stereocenters. The monoisotopic (exact) mass is 757 g/mol. The average molecular weight is 757 g/mol. The first-order valence-corrected chi connectivity index (χ1v) is 23.4. The largest absolute Gasteiger partial charge is 0.399 e. The van der Waals surface area contributed by atoms with Crippen molar-refractivity contribution in [1.29, 1.82) is 0 Å². The minimum Gasteiger partial charge on any atom is -0.399 e. The second-order valence-electron chi connectivity index (χ2n) is 17.1. The van der Waals surface area contributed by atoms with Crippen LogP contribution < -0.4 is 11.5 Å². The summed E-state index contributed by atoms with van der Waals surface area (Å²) in [5, 5.41) is 0. The maximum Gasteiger partial charge on any atom is 0.0314 e. The van der Waals surface area contributed by atoms with E-state index in [9.17, 15) is 0 Å². The van der Waals surface area contributed by atoms with Crippen molar-refractivity contribution in [1.82, 2.24) is 0 Å². The minimum absolute atomic E-state index is 0.405. The standard InChI is InChI=1S/C54H80N2/c1-4-7-10-13-16-19-22-25-52(44-28-32-46(33-29-44)53(48-36-40-50(55)41-37-48)26-23-20-17-14-11-8-5-2)45-30-34-47(35-31-45)54(49-38-42-51(56)43-39-49)27-24-21-18-15-12-9-6-3/h28-43,52-54H,4-27,55-56H2,1-3H3. The van der Waals surface area contributed by atoms with E-state index in [-0.39, 0.29) is 0 Å². The molecule has 0 amide bonds. The van der Waals surface area contributed by atoms with Crippen molar-refractivity contribution in [2.24, 2.45) is 0 Å². The van der Waals surface area contributed by atoms with Crippen molar-refractivity contribution in [2.75, 3.05) is 11.5 Å². The molecule has 4 rings (SSSR count). The zero-order valence-corrected chi connectivity index (χ0v) is 36.1. The molecule has 0 aliphatic carbocycles. The Kier molecular flexibility index (Phi) is 21.9. The lowest BCUT2D eigenvalue weighted by molar-refractivity contribution is 0.556. The first-order valence-electron chi connectivity index (χ1n) is 23.4. The lowest BCUT2D eigenvalue weighted by Gasteiger charge is -2.23. The van der Waals surface area contributed by atoms with Crippen LogP contribution >= 0.6 is 0 Å². The summed E-state index contributed by atoms with van der Waals surface area (Å²) in [6, 6.07) is 37.0. The maximum absolute atomic E-state index is 6.14. The van der Waals surface area contributed by atoms with Crippen LogP contribution in [0.2, 0.25) is 0 Å². The lowest BCUT2D eigenvalue weighted by Crippen LogP contribution is -2.06. The predicted molar refractivity (Wildman–Crippen MR) is 248 cm³/mol. The molecule has 0 saturated heterocycles. The molecule has 306 valence electrons. The molecule has 0 aliphatic rings. The van der Waals surface area contributed by atoms with Gasteiger partial charge in [0.05, 0.1) is 0 Å². The Balaban J connectivity index is 1.52. The molecular weight excluding hydrogens is 677 g/mol. The summed E-state index contributed by atoms with van der Waals surface area (Å²) in [5.74, 6) is 1.22. The minimum atomic E-state index is 0.405. The smallest absolute Gasteiger partial charge is 0.0314 e. The zero-order chi connectivity index (χ0) is 39.6. The van der Waals surface area contributed by atoms with Gasteiger partial charge in [0, 0.05) is 29.1 Å². The highest BCUT2D eigenvalue weighted by Gasteiger charge is 2.20. The summed E-state index contributed by atoms with van der Waals surface area (Å²) >= 11 is 0. The van der Waals surface area contributed by atoms with Crippen molar-refractivity contribution < 1.29 is 0 Å². The van der Waals surface area contributed by atoms with Crippen LogP contribution in [0.4, 0.5) is 11.4 Å². The number of unbranched alkanes of at least 4 members (excludes halogenated alkanes) is 18. The highest BCUT2D eigenvalue weighted by molar-refractivity contribution is 5.45. The Morgan fingerprint density at radius 3 is 0.661 bits per heavy atom. The van der Waals surface area contributed by atoms with E-state index in [1.165, 1.54) is 187 Å². The molecule has 0 aliphatic heterocycles. The Bertz CT molecular complexity index is 1430. The SMILES string of the molecule is CCCCCCCCCC(c1ccc(N)cc1)c1ccc(C(CCCCCCCCC)c2ccc(C(CCCCCCCCC)c3ccc(N)cc3)cc2)cc1. The number of nitrogens with two attached hydrogens (primary N) is 2. The van der Waals surface area contributed by atoms with Gasteiger partial charge in [0.1, 0.15) is 0 Å². The summed E-state index contributed by atoms with van der Waals surface area (Å²) in [6.45, 7) is 6.91. The molecule has 0 heterocycles. The summed E-state index contributed by atoms with van der Waals surface area (Å²) in [6.07, 6.45) is 31.7. The Hall–Kier alpha value is -3.52. The van der Waals surface area contributed by atoms with Gasteiger partial charge in [-0.3, -0.25) is 0 Å². The maximum atomic E-state index is 6.14. The van der Waals surface area contributed by atoms with Crippen molar-refractivity contribution in [3.8, 4) is 0 Å². The normalized spacial score (nSPS) is 13.1. The number of rotatable bonds is 30. The third kappa shape index (κ3) is 16.1. The Morgan fingerprint density at radius 2 is 0.446 bits per heavy atom. The molecular formula is C54H80N2. The van der Waals surface area contributed by atoms with Crippen molar-refractivity contribution >= 4 is 11.4 Å². The molecule has 56 heavy (non-hydrogen) atoms. The highest BCUT2D eigenvalue weighted by atomic mass is 14.5. The molecule has 4 N–H and O–H groups in total. The number of hydrogen-bond acceptors (Lipinski definition) is 2. The summed E-state index contributed by atoms with van der Waals surface area (Å²) in [7, 11) is 0. The number of anilines is 2. The quantitative estimate of drug-likeness (QED) is 0.0411. The number of hydrogen-bond donors (Lipinski definition) is 2. The Labute approximate surface area is 344 Å². The van der Waals surface area contributed by atoms with Crippen LogP contribution in [0, 0.1) is 0 Å². The summed E-state index contributed by atoms with van der Waals surface area (Å²) < 4.78 is 0. The fourth-order valence-corrected chi connectivity index (χ4v) is 8.87. The van der Waals surface area contributed by atoms with Crippen LogP contribution in [-0.4, -0.2) is 0 Å². The van der Waals surface area contributed by atoms with Gasteiger partial charge in [0.2, 0.25) is 0 Å². The zero-order valence-electron chi connectivity index (χ0n) is 36.1. The van der Waals surface area contributed by atoms with Gasteiger partial charge < -0.3 is 11.5 Å². The molecule has 0 spiro atoms. The van der Waals surface area contributed by atoms with E-state index in [1.54, 1.807) is 0 Å². The predicted octanol–water partition coefficient (Wildman–Crippen LogP) is 16.7. The van der Waals surface area contributed by atoms with E-state index in [0.717, 1.165) is 11.4 Å². The van der Waals surface area contributed by atoms with Gasteiger partial charge in [-0.25, -0.2) is 0 Å². The highest BCUT2D eigenvalue weighted by Crippen LogP contribution is 2.37. The number of benzene rings is 4.